The van der Waals surface area contributed by atoms with Crippen molar-refractivity contribution in [1.29, 1.82) is 0 Å². The summed E-state index contributed by atoms with van der Waals surface area (Å²) in [4.78, 5) is 4.50. The third kappa shape index (κ3) is 2.54. The van der Waals surface area contributed by atoms with E-state index in [2.05, 4.69) is 27.6 Å². The summed E-state index contributed by atoms with van der Waals surface area (Å²) in [5.41, 5.74) is 2.57. The number of aromatic nitrogens is 2. The molecule has 0 N–H and O–H groups in total. The average Bonchev–Trinajstić information content (AvgIpc) is 2.77. The van der Waals surface area contributed by atoms with Crippen LogP contribution in [0, 0.1) is 9.39 Å². The summed E-state index contributed by atoms with van der Waals surface area (Å²) in [5.74, 6) is 1.06. The van der Waals surface area contributed by atoms with Crippen LogP contribution >= 0.6 is 34.2 Å². The molecule has 0 fully saturated rings. The zero-order chi connectivity index (χ0) is 14.1. The molecule has 0 aliphatic rings. The Kier molecular flexibility index (Phi) is 3.94. The van der Waals surface area contributed by atoms with Crippen molar-refractivity contribution in [3.05, 3.63) is 57.7 Å². The van der Waals surface area contributed by atoms with E-state index in [0.29, 0.717) is 17.8 Å². The Morgan fingerprint density at radius 3 is 2.60 bits per heavy atom. The van der Waals surface area contributed by atoms with Gasteiger partial charge in [0.25, 0.3) is 0 Å². The van der Waals surface area contributed by atoms with Crippen LogP contribution in [0.3, 0.4) is 0 Å². The van der Waals surface area contributed by atoms with Crippen LogP contribution in [0.15, 0.2) is 42.5 Å². The summed E-state index contributed by atoms with van der Waals surface area (Å²) in [5, 5.41) is 0. The first-order valence-corrected chi connectivity index (χ1v) is 7.79. The predicted molar refractivity (Wildman–Crippen MR) is 88.2 cm³/mol. The zero-order valence-corrected chi connectivity index (χ0v) is 13.4. The number of nitrogens with zero attached hydrogens (tertiary/aromatic N) is 2. The van der Waals surface area contributed by atoms with E-state index in [-0.39, 0.29) is 5.82 Å². The molecule has 0 saturated carbocycles. The molecular weight excluding hydrogens is 390 g/mol. The highest BCUT2D eigenvalue weighted by molar-refractivity contribution is 14.1. The third-order valence-corrected chi connectivity index (χ3v) is 4.00. The van der Waals surface area contributed by atoms with E-state index in [0.717, 1.165) is 17.0 Å². The van der Waals surface area contributed by atoms with Gasteiger partial charge in [-0.25, -0.2) is 9.37 Å². The standard InChI is InChI=1S/C15H11ClFIN2/c16-8-7-15-19-13-9-10(17)1-6-14(13)20(15)12-4-2-11(18)3-5-12/h1-6,9H,7-8H2. The number of hydrogen-bond donors (Lipinski definition) is 0. The maximum Gasteiger partial charge on any atom is 0.125 e. The van der Waals surface area contributed by atoms with Gasteiger partial charge in [0.1, 0.15) is 11.6 Å². The number of benzene rings is 2. The first-order chi connectivity index (χ1) is 9.69. The van der Waals surface area contributed by atoms with Gasteiger partial charge in [-0.15, -0.1) is 11.6 Å². The highest BCUT2D eigenvalue weighted by atomic mass is 127. The average molecular weight is 401 g/mol. The van der Waals surface area contributed by atoms with E-state index in [9.17, 15) is 4.39 Å². The van der Waals surface area contributed by atoms with Crippen LogP contribution in [0.5, 0.6) is 0 Å². The molecule has 2 nitrogen and oxygen atoms in total. The van der Waals surface area contributed by atoms with Gasteiger partial charge >= 0.3 is 0 Å². The summed E-state index contributed by atoms with van der Waals surface area (Å²) in [7, 11) is 0. The van der Waals surface area contributed by atoms with Gasteiger partial charge in [0.05, 0.1) is 11.0 Å². The molecule has 1 heterocycles. The van der Waals surface area contributed by atoms with E-state index < -0.39 is 0 Å². The fourth-order valence-electron chi connectivity index (χ4n) is 2.23. The van der Waals surface area contributed by atoms with Crippen LogP contribution in [0.25, 0.3) is 16.7 Å². The first kappa shape index (κ1) is 13.8. The molecule has 102 valence electrons. The summed E-state index contributed by atoms with van der Waals surface area (Å²) >= 11 is 8.12. The largest absolute Gasteiger partial charge is 0.296 e. The molecule has 2 aromatic carbocycles. The number of fused-ring (bicyclic) bond motifs is 1. The van der Waals surface area contributed by atoms with Crippen molar-refractivity contribution in [2.45, 2.75) is 6.42 Å². The molecule has 1 aromatic heterocycles. The molecule has 20 heavy (non-hydrogen) atoms. The molecule has 0 bridgehead atoms. The van der Waals surface area contributed by atoms with Crippen molar-refractivity contribution in [3.8, 4) is 5.69 Å². The Hall–Kier alpha value is -1.14. The summed E-state index contributed by atoms with van der Waals surface area (Å²) in [6.45, 7) is 0. The molecule has 0 saturated heterocycles. The molecule has 3 rings (SSSR count). The van der Waals surface area contributed by atoms with Crippen molar-refractivity contribution < 1.29 is 4.39 Å². The van der Waals surface area contributed by atoms with Crippen molar-refractivity contribution in [1.82, 2.24) is 9.55 Å². The lowest BCUT2D eigenvalue weighted by Crippen LogP contribution is -2.02. The van der Waals surface area contributed by atoms with Crippen molar-refractivity contribution in [3.63, 3.8) is 0 Å². The predicted octanol–water partition coefficient (Wildman–Crippen LogP) is 4.55. The normalized spacial score (nSPS) is 11.2. The molecular formula is C15H11ClFIN2. The van der Waals surface area contributed by atoms with Gasteiger partial charge in [0.2, 0.25) is 0 Å². The maximum absolute atomic E-state index is 13.3. The lowest BCUT2D eigenvalue weighted by Gasteiger charge is -2.08. The smallest absolute Gasteiger partial charge is 0.125 e. The van der Waals surface area contributed by atoms with Crippen molar-refractivity contribution in [2.24, 2.45) is 0 Å². The minimum Gasteiger partial charge on any atom is -0.296 e. The second-order valence-electron chi connectivity index (χ2n) is 4.41. The fraction of sp³-hybridized carbons (Fsp3) is 0.133. The van der Waals surface area contributed by atoms with E-state index in [1.54, 1.807) is 6.07 Å². The number of hydrogen-bond acceptors (Lipinski definition) is 1. The number of halogens is 3. The molecule has 5 heteroatoms. The molecule has 0 aliphatic carbocycles. The fourth-order valence-corrected chi connectivity index (χ4v) is 2.76. The van der Waals surface area contributed by atoms with Gasteiger partial charge in [0.15, 0.2) is 0 Å². The van der Waals surface area contributed by atoms with E-state index in [1.807, 2.05) is 28.8 Å². The highest BCUT2D eigenvalue weighted by Gasteiger charge is 2.12. The van der Waals surface area contributed by atoms with E-state index in [1.165, 1.54) is 15.7 Å². The Morgan fingerprint density at radius 2 is 1.90 bits per heavy atom. The topological polar surface area (TPSA) is 17.8 Å². The van der Waals surface area contributed by atoms with E-state index >= 15 is 0 Å². The molecule has 0 aliphatic heterocycles. The second-order valence-corrected chi connectivity index (χ2v) is 6.04. The third-order valence-electron chi connectivity index (χ3n) is 3.09. The SMILES string of the molecule is Fc1ccc2c(c1)nc(CCCl)n2-c1ccc(I)cc1. The van der Waals surface area contributed by atoms with Gasteiger partial charge in [0, 0.05) is 27.6 Å². The van der Waals surface area contributed by atoms with Crippen LogP contribution in [-0.2, 0) is 6.42 Å². The van der Waals surface area contributed by atoms with Gasteiger partial charge in [-0.3, -0.25) is 4.57 Å². The van der Waals surface area contributed by atoms with Crippen LogP contribution in [0.2, 0.25) is 0 Å². The monoisotopic (exact) mass is 400 g/mol. The lowest BCUT2D eigenvalue weighted by molar-refractivity contribution is 0.629. The highest BCUT2D eigenvalue weighted by Crippen LogP contribution is 2.23. The van der Waals surface area contributed by atoms with Crippen LogP contribution in [0.4, 0.5) is 4.39 Å². The van der Waals surface area contributed by atoms with Crippen LogP contribution in [-0.4, -0.2) is 15.4 Å². The Balaban J connectivity index is 2.25. The second kappa shape index (κ2) is 5.69. The number of rotatable bonds is 3. The van der Waals surface area contributed by atoms with Gasteiger partial charge in [-0.1, -0.05) is 0 Å². The van der Waals surface area contributed by atoms with Crippen LogP contribution in [0.1, 0.15) is 5.82 Å². The summed E-state index contributed by atoms with van der Waals surface area (Å²) in [6, 6.07) is 12.8. The first-order valence-electron chi connectivity index (χ1n) is 6.18. The Labute approximate surface area is 134 Å². The Morgan fingerprint density at radius 1 is 1.15 bits per heavy atom. The molecule has 0 amide bonds. The number of aryl methyl sites for hydroxylation is 1. The maximum atomic E-state index is 13.3. The minimum absolute atomic E-state index is 0.276. The number of imidazole rings is 1. The van der Waals surface area contributed by atoms with Gasteiger partial charge < -0.3 is 0 Å². The summed E-state index contributed by atoms with van der Waals surface area (Å²) in [6.07, 6.45) is 0.643. The number of alkyl halides is 1. The molecule has 0 atom stereocenters. The quantitative estimate of drug-likeness (QED) is 0.466. The molecule has 3 aromatic rings. The van der Waals surface area contributed by atoms with Gasteiger partial charge in [-0.05, 0) is 59.0 Å². The van der Waals surface area contributed by atoms with Crippen molar-refractivity contribution in [2.75, 3.05) is 5.88 Å². The molecule has 0 spiro atoms. The van der Waals surface area contributed by atoms with Gasteiger partial charge in [-0.2, -0.15) is 0 Å². The minimum atomic E-state index is -0.276. The lowest BCUT2D eigenvalue weighted by atomic mass is 10.2. The Bertz CT molecular complexity index is 752. The van der Waals surface area contributed by atoms with Crippen molar-refractivity contribution >= 4 is 45.2 Å². The summed E-state index contributed by atoms with van der Waals surface area (Å²) < 4.78 is 16.5. The van der Waals surface area contributed by atoms with Crippen LogP contribution < -0.4 is 0 Å². The molecule has 0 radical (unpaired) electrons. The zero-order valence-electron chi connectivity index (χ0n) is 10.5. The molecule has 0 unspecified atom stereocenters. The van der Waals surface area contributed by atoms with E-state index in [4.69, 9.17) is 11.6 Å².